The van der Waals surface area contributed by atoms with Crippen LogP contribution in [-0.4, -0.2) is 146 Å². The molecule has 2 bridgehead atoms. The summed E-state index contributed by atoms with van der Waals surface area (Å²) in [7, 11) is 2.89. The van der Waals surface area contributed by atoms with Crippen molar-refractivity contribution in [1.82, 2.24) is 40.5 Å². The van der Waals surface area contributed by atoms with E-state index in [1.807, 2.05) is 65.1 Å². The van der Waals surface area contributed by atoms with Gasteiger partial charge < -0.3 is 50.4 Å². The molecule has 3 saturated heterocycles. The Bertz CT molecular complexity index is 2640. The quantitative estimate of drug-likeness (QED) is 0.0705. The van der Waals surface area contributed by atoms with Crippen molar-refractivity contribution >= 4 is 57.9 Å². The van der Waals surface area contributed by atoms with E-state index in [9.17, 15) is 44.0 Å². The van der Waals surface area contributed by atoms with Crippen molar-refractivity contribution in [2.75, 3.05) is 27.2 Å². The Morgan fingerprint density at radius 2 is 1.41 bits per heavy atom. The molecule has 5 N–H and O–H groups in total. The van der Waals surface area contributed by atoms with E-state index in [-0.39, 0.29) is 74.5 Å². The number of piperidine rings is 1. The number of carbonyl (C=O) groups is 7. The van der Waals surface area contributed by atoms with Crippen LogP contribution in [-0.2, 0) is 56.7 Å². The molecule has 0 spiro atoms. The lowest BCUT2D eigenvalue weighted by Gasteiger charge is -2.43. The van der Waals surface area contributed by atoms with E-state index in [1.165, 1.54) is 41.8 Å². The van der Waals surface area contributed by atoms with Crippen molar-refractivity contribution in [3.05, 3.63) is 82.1 Å². The zero-order valence-corrected chi connectivity index (χ0v) is 44.5. The van der Waals surface area contributed by atoms with Gasteiger partial charge in [-0.15, -0.1) is 0 Å². The number of phenolic OH excluding ortho intramolecular Hbond substituents is 1. The lowest BCUT2D eigenvalue weighted by molar-refractivity contribution is -0.385. The number of rotatable bonds is 13. The van der Waals surface area contributed by atoms with Crippen LogP contribution in [0.3, 0.4) is 0 Å². The van der Waals surface area contributed by atoms with Crippen LogP contribution in [0.25, 0.3) is 10.9 Å². The van der Waals surface area contributed by atoms with Gasteiger partial charge in [0.1, 0.15) is 48.4 Å². The van der Waals surface area contributed by atoms with Crippen LogP contribution in [0, 0.1) is 27.9 Å². The Labute approximate surface area is 433 Å². The van der Waals surface area contributed by atoms with Gasteiger partial charge in [0.2, 0.25) is 41.4 Å². The van der Waals surface area contributed by atoms with Crippen LogP contribution in [0.4, 0.5) is 5.69 Å². The first-order chi connectivity index (χ1) is 34.8. The average molecular weight is 1030 g/mol. The van der Waals surface area contributed by atoms with Crippen LogP contribution in [0.2, 0.25) is 0 Å². The second-order valence-electron chi connectivity index (χ2n) is 21.8. The third-order valence-corrected chi connectivity index (χ3v) is 14.6. The molecule has 0 saturated carbocycles. The number of fused-ring (bicyclic) bond motifs is 3. The van der Waals surface area contributed by atoms with E-state index in [1.54, 1.807) is 19.1 Å². The summed E-state index contributed by atoms with van der Waals surface area (Å²) in [6, 6.07) is 2.59. The van der Waals surface area contributed by atoms with Crippen LogP contribution in [0.1, 0.15) is 99.1 Å². The summed E-state index contributed by atoms with van der Waals surface area (Å²) < 4.78 is 7.86. The molecule has 20 heteroatoms. The number of nitrogens with one attached hydrogen (secondary N) is 4. The van der Waals surface area contributed by atoms with E-state index in [2.05, 4.69) is 39.7 Å². The minimum Gasteiger partial charge on any atom is -0.502 e. The highest BCUT2D eigenvalue weighted by Crippen LogP contribution is 2.36. The van der Waals surface area contributed by atoms with Gasteiger partial charge >= 0.3 is 5.69 Å². The van der Waals surface area contributed by atoms with Crippen LogP contribution < -0.4 is 21.3 Å². The number of benzene rings is 2. The fourth-order valence-corrected chi connectivity index (χ4v) is 10.2. The minimum absolute atomic E-state index is 0.0290. The normalized spacial score (nSPS) is 26.3. The number of ether oxygens (including phenoxy) is 1. The van der Waals surface area contributed by atoms with E-state index < -0.39 is 106 Å². The molecule has 4 heterocycles. The first-order valence-corrected chi connectivity index (χ1v) is 25.7. The predicted octanol–water partition coefficient (Wildman–Crippen LogP) is 4.10. The smallest absolute Gasteiger partial charge is 0.310 e. The van der Waals surface area contributed by atoms with Crippen LogP contribution in [0.5, 0.6) is 5.75 Å². The first-order valence-electron chi connectivity index (χ1n) is 25.7. The van der Waals surface area contributed by atoms with Crippen molar-refractivity contribution < 1.29 is 48.3 Å². The van der Waals surface area contributed by atoms with Crippen LogP contribution >= 0.6 is 0 Å². The summed E-state index contributed by atoms with van der Waals surface area (Å²) in [4.78, 5) is 118. The fourth-order valence-electron chi connectivity index (χ4n) is 10.2. The molecule has 0 aliphatic carbocycles. The van der Waals surface area contributed by atoms with Gasteiger partial charge in [-0.1, -0.05) is 71.0 Å². The monoisotopic (exact) mass is 1030 g/mol. The number of nitrogens with zero attached hydrogens (tertiary/aromatic N) is 5. The zero-order valence-electron chi connectivity index (χ0n) is 44.5. The maximum atomic E-state index is 15.4. The molecule has 7 amide bonds. The second kappa shape index (κ2) is 23.6. The van der Waals surface area contributed by atoms with Crippen molar-refractivity contribution in [2.24, 2.45) is 17.8 Å². The number of para-hydroxylation sites is 1. The van der Waals surface area contributed by atoms with E-state index in [4.69, 9.17) is 4.74 Å². The summed E-state index contributed by atoms with van der Waals surface area (Å²) in [6.45, 7) is 17.5. The Balaban J connectivity index is 1.50. The zero-order chi connectivity index (χ0) is 54.5. The van der Waals surface area contributed by atoms with Gasteiger partial charge in [-0.05, 0) is 94.4 Å². The highest BCUT2D eigenvalue weighted by Gasteiger charge is 2.45. The van der Waals surface area contributed by atoms with Gasteiger partial charge in [0, 0.05) is 56.6 Å². The van der Waals surface area contributed by atoms with Crippen molar-refractivity contribution in [3.8, 4) is 5.75 Å². The summed E-state index contributed by atoms with van der Waals surface area (Å²) in [5.74, 6) is -5.77. The van der Waals surface area contributed by atoms with Gasteiger partial charge in [-0.2, -0.15) is 0 Å². The average Bonchev–Trinajstić information content (AvgIpc) is 4.15. The highest BCUT2D eigenvalue weighted by atomic mass is 16.6. The summed E-state index contributed by atoms with van der Waals surface area (Å²) in [5, 5.41) is 34.3. The number of carbonyl (C=O) groups excluding carboxylic acids is 7. The standard InChI is InChI=1S/C54H75N9O11/c1-12-13-17-37-47(65)58-39(26-35-28-62(54(8,9)46-29-74-46)40-18-15-14-16-36(35)40)52(70)59(10)42(21-30(2)3)49(67)57-38(24-34-19-20-45(64)41(25-34)63(72)73)48(66)55-33(7)51(69)60(11)44-23-32(6)27-61(53(44)71)43(22-31(4)5)50(68)56-37/h12-16,18-20,25,28,30-33,37-39,42-44,46,64H,17,21-24,26-27,29H2,1-11H3,(H,55,66)(H,56,68)(H,57,67)(H,58,65)/b13-12+/t32-,33+,37-,38+,39+,42-,43-,44?,46?/m0/s1. The molecule has 20 nitrogen and oxygen atoms in total. The van der Waals surface area contributed by atoms with Crippen molar-refractivity contribution in [3.63, 3.8) is 0 Å². The number of amides is 7. The third kappa shape index (κ3) is 12.9. The SMILES string of the molecule is C/C=C/C[C@@H]1NC(=O)[C@H](CC(C)C)N2C[C@@H](C)CC(C2=O)N(C)C(=O)[C@@H](C)NC(=O)[C@@H](Cc2ccc(O)c([N+](=O)[O-])c2)NC(=O)[C@H](CC(C)C)N(C)C(=O)[C@@H](Cc2cn(C(C)(C)C3CO3)c3ccccc23)NC1=O. The number of likely N-dealkylation sites (N-methyl/N-ethyl adjacent to an activating group) is 2. The molecule has 74 heavy (non-hydrogen) atoms. The summed E-state index contributed by atoms with van der Waals surface area (Å²) >= 11 is 0. The van der Waals surface area contributed by atoms with Crippen molar-refractivity contribution in [1.29, 1.82) is 0 Å². The van der Waals surface area contributed by atoms with E-state index in [0.29, 0.717) is 12.2 Å². The maximum absolute atomic E-state index is 15.4. The van der Waals surface area contributed by atoms with Crippen molar-refractivity contribution in [2.45, 2.75) is 155 Å². The molecule has 402 valence electrons. The number of phenols is 1. The van der Waals surface area contributed by atoms with Gasteiger partial charge in [0.05, 0.1) is 17.1 Å². The fraction of sp³-hybridized carbons (Fsp3) is 0.574. The number of allylic oxidation sites excluding steroid dienone is 1. The molecule has 1 aromatic heterocycles. The Morgan fingerprint density at radius 3 is 2.04 bits per heavy atom. The number of nitro groups is 1. The topological polar surface area (TPSA) is 258 Å². The lowest BCUT2D eigenvalue weighted by Crippen LogP contribution is -2.63. The Morgan fingerprint density at radius 1 is 0.797 bits per heavy atom. The van der Waals surface area contributed by atoms with E-state index in [0.717, 1.165) is 23.0 Å². The minimum atomic E-state index is -1.49. The number of hydrogen-bond donors (Lipinski definition) is 5. The van der Waals surface area contributed by atoms with Gasteiger partial charge in [0.25, 0.3) is 0 Å². The van der Waals surface area contributed by atoms with Gasteiger partial charge in [-0.3, -0.25) is 43.7 Å². The molecular weight excluding hydrogens is 951 g/mol. The predicted molar refractivity (Wildman–Crippen MR) is 277 cm³/mol. The number of aromatic hydroxyl groups is 1. The highest BCUT2D eigenvalue weighted by molar-refractivity contribution is 5.99. The number of epoxide rings is 1. The second-order valence-corrected chi connectivity index (χ2v) is 21.8. The number of aromatic nitrogens is 1. The number of hydrogen-bond acceptors (Lipinski definition) is 11. The third-order valence-electron chi connectivity index (χ3n) is 14.6. The Hall–Kier alpha value is -6.83. The summed E-state index contributed by atoms with van der Waals surface area (Å²) in [6.07, 6.45) is 5.55. The first kappa shape index (κ1) is 56.5. The lowest BCUT2D eigenvalue weighted by atomic mass is 9.90. The molecule has 2 aromatic carbocycles. The van der Waals surface area contributed by atoms with E-state index >= 15 is 4.79 Å². The molecule has 3 fully saturated rings. The molecule has 3 aromatic rings. The van der Waals surface area contributed by atoms with Crippen LogP contribution in [0.15, 0.2) is 60.8 Å². The molecule has 6 rings (SSSR count). The molecule has 3 aliphatic rings. The molecule has 9 atom stereocenters. The van der Waals surface area contributed by atoms with Gasteiger partial charge in [0.15, 0.2) is 5.75 Å². The number of nitro benzene ring substituents is 1. The molecule has 2 unspecified atom stereocenters. The summed E-state index contributed by atoms with van der Waals surface area (Å²) in [5.41, 5.74) is 0.648. The van der Waals surface area contributed by atoms with Gasteiger partial charge in [-0.25, -0.2) is 0 Å². The molecule has 3 aliphatic heterocycles. The largest absolute Gasteiger partial charge is 0.502 e. The molecule has 0 radical (unpaired) electrons. The maximum Gasteiger partial charge on any atom is 0.310 e. The Kier molecular flexibility index (Phi) is 18.0. The molecular formula is C54H75N9O11.